The van der Waals surface area contributed by atoms with Crippen molar-refractivity contribution in [2.24, 2.45) is 16.0 Å². The lowest BCUT2D eigenvalue weighted by Gasteiger charge is -2.10. The quantitative estimate of drug-likeness (QED) is 0.541. The number of carbonyl (C=O) groups excluding carboxylic acids is 1. The van der Waals surface area contributed by atoms with Crippen molar-refractivity contribution < 1.29 is 4.79 Å². The Hall–Kier alpha value is -3.88. The number of carbonyl (C=O) groups is 1. The highest BCUT2D eigenvalue weighted by Gasteiger charge is 2.08. The molecule has 0 spiro atoms. The number of rotatable bonds is 5. The SMILES string of the molecule is Cc1ccc(N=Nc2ccc(Nc3nc(C)nc(C)n3)cc2NC(N)=O)c(C)c1. The number of nitrogens with zero attached hydrogens (tertiary/aromatic N) is 5. The number of hydrogen-bond acceptors (Lipinski definition) is 7. The van der Waals surface area contributed by atoms with E-state index in [-0.39, 0.29) is 0 Å². The number of aryl methyl sites for hydroxylation is 4. The zero-order valence-electron chi connectivity index (χ0n) is 16.7. The fourth-order valence-electron chi connectivity index (χ4n) is 2.76. The molecule has 3 rings (SSSR count). The fraction of sp³-hybridized carbons (Fsp3) is 0.200. The molecule has 0 aliphatic rings. The minimum absolute atomic E-state index is 0.407. The lowest BCUT2D eigenvalue weighted by molar-refractivity contribution is 0.259. The lowest BCUT2D eigenvalue weighted by Crippen LogP contribution is -2.19. The molecule has 29 heavy (non-hydrogen) atoms. The van der Waals surface area contributed by atoms with Crippen molar-refractivity contribution >= 4 is 34.7 Å². The molecular formula is C20H22N8O. The highest BCUT2D eigenvalue weighted by molar-refractivity contribution is 5.92. The molecule has 3 aromatic rings. The summed E-state index contributed by atoms with van der Waals surface area (Å²) >= 11 is 0. The second kappa shape index (κ2) is 8.42. The number of azo groups is 1. The number of hydrogen-bond donors (Lipinski definition) is 3. The van der Waals surface area contributed by atoms with E-state index >= 15 is 0 Å². The highest BCUT2D eigenvalue weighted by Crippen LogP contribution is 2.31. The van der Waals surface area contributed by atoms with E-state index in [1.54, 1.807) is 32.0 Å². The molecule has 0 saturated heterocycles. The predicted molar refractivity (Wildman–Crippen MR) is 112 cm³/mol. The van der Waals surface area contributed by atoms with Crippen LogP contribution in [-0.4, -0.2) is 21.0 Å². The Morgan fingerprint density at radius 3 is 2.21 bits per heavy atom. The van der Waals surface area contributed by atoms with Crippen LogP contribution in [0.4, 0.5) is 33.5 Å². The van der Waals surface area contributed by atoms with E-state index in [1.165, 1.54) is 0 Å². The van der Waals surface area contributed by atoms with Crippen LogP contribution in [0.15, 0.2) is 46.6 Å². The van der Waals surface area contributed by atoms with E-state index in [4.69, 9.17) is 5.73 Å². The van der Waals surface area contributed by atoms with Gasteiger partial charge in [-0.1, -0.05) is 17.7 Å². The maximum atomic E-state index is 11.4. The maximum absolute atomic E-state index is 11.4. The van der Waals surface area contributed by atoms with Gasteiger partial charge < -0.3 is 16.4 Å². The van der Waals surface area contributed by atoms with Gasteiger partial charge in [-0.2, -0.15) is 15.1 Å². The summed E-state index contributed by atoms with van der Waals surface area (Å²) in [7, 11) is 0. The first-order valence-electron chi connectivity index (χ1n) is 8.96. The number of anilines is 3. The first kappa shape index (κ1) is 19.9. The molecule has 0 aliphatic heterocycles. The van der Waals surface area contributed by atoms with Crippen LogP contribution in [0.2, 0.25) is 0 Å². The third kappa shape index (κ3) is 5.32. The third-order valence-electron chi connectivity index (χ3n) is 3.99. The van der Waals surface area contributed by atoms with Gasteiger partial charge in [-0.25, -0.2) is 9.78 Å². The van der Waals surface area contributed by atoms with Crippen LogP contribution >= 0.6 is 0 Å². The lowest BCUT2D eigenvalue weighted by atomic mass is 10.1. The van der Waals surface area contributed by atoms with Crippen molar-refractivity contribution in [1.29, 1.82) is 0 Å². The molecule has 148 valence electrons. The van der Waals surface area contributed by atoms with Crippen LogP contribution in [0.3, 0.4) is 0 Å². The largest absolute Gasteiger partial charge is 0.351 e. The first-order valence-corrected chi connectivity index (χ1v) is 8.96. The molecule has 0 aliphatic carbocycles. The topological polar surface area (TPSA) is 131 Å². The molecule has 4 N–H and O–H groups in total. The molecule has 0 saturated carbocycles. The monoisotopic (exact) mass is 390 g/mol. The summed E-state index contributed by atoms with van der Waals surface area (Å²) in [6, 6.07) is 10.4. The predicted octanol–water partition coefficient (Wildman–Crippen LogP) is 4.75. The Balaban J connectivity index is 1.91. The van der Waals surface area contributed by atoms with Crippen molar-refractivity contribution in [1.82, 2.24) is 15.0 Å². The van der Waals surface area contributed by atoms with Gasteiger partial charge in [-0.05, 0) is 57.5 Å². The van der Waals surface area contributed by atoms with Gasteiger partial charge in [0.05, 0.1) is 11.4 Å². The van der Waals surface area contributed by atoms with E-state index in [0.29, 0.717) is 34.7 Å². The Morgan fingerprint density at radius 1 is 0.897 bits per heavy atom. The van der Waals surface area contributed by atoms with Crippen molar-refractivity contribution in [3.63, 3.8) is 0 Å². The van der Waals surface area contributed by atoms with Gasteiger partial charge >= 0.3 is 6.03 Å². The van der Waals surface area contributed by atoms with Gasteiger partial charge in [0.1, 0.15) is 17.3 Å². The zero-order valence-corrected chi connectivity index (χ0v) is 16.7. The van der Waals surface area contributed by atoms with Gasteiger partial charge in [-0.3, -0.25) is 0 Å². The number of aromatic nitrogens is 3. The first-order chi connectivity index (χ1) is 13.8. The third-order valence-corrected chi connectivity index (χ3v) is 3.99. The average Bonchev–Trinajstić information content (AvgIpc) is 2.61. The molecule has 0 atom stereocenters. The van der Waals surface area contributed by atoms with E-state index in [9.17, 15) is 4.79 Å². The van der Waals surface area contributed by atoms with Gasteiger partial charge in [0, 0.05) is 5.69 Å². The van der Waals surface area contributed by atoms with E-state index in [1.807, 2.05) is 32.0 Å². The Kier molecular flexibility index (Phi) is 5.77. The number of amides is 2. The number of primary amides is 1. The Labute approximate surface area is 168 Å². The summed E-state index contributed by atoms with van der Waals surface area (Å²) in [6.07, 6.45) is 0. The van der Waals surface area contributed by atoms with Crippen LogP contribution in [0.25, 0.3) is 0 Å². The molecule has 0 fully saturated rings. The number of nitrogens with two attached hydrogens (primary N) is 1. The van der Waals surface area contributed by atoms with E-state index in [0.717, 1.165) is 16.8 Å². The van der Waals surface area contributed by atoms with Gasteiger partial charge in [0.25, 0.3) is 0 Å². The Morgan fingerprint density at radius 2 is 1.55 bits per heavy atom. The zero-order chi connectivity index (χ0) is 21.0. The smallest absolute Gasteiger partial charge is 0.316 e. The minimum Gasteiger partial charge on any atom is -0.351 e. The van der Waals surface area contributed by atoms with Crippen molar-refractivity contribution in [3.05, 3.63) is 59.2 Å². The molecule has 0 radical (unpaired) electrons. The summed E-state index contributed by atoms with van der Waals surface area (Å²) in [5, 5.41) is 14.2. The van der Waals surface area contributed by atoms with Crippen LogP contribution in [0.1, 0.15) is 22.8 Å². The molecule has 9 heteroatoms. The minimum atomic E-state index is -0.697. The van der Waals surface area contributed by atoms with Crippen LogP contribution in [0, 0.1) is 27.7 Å². The summed E-state index contributed by atoms with van der Waals surface area (Å²) < 4.78 is 0. The van der Waals surface area contributed by atoms with E-state index < -0.39 is 6.03 Å². The molecule has 0 bridgehead atoms. The van der Waals surface area contributed by atoms with Crippen molar-refractivity contribution in [2.75, 3.05) is 10.6 Å². The van der Waals surface area contributed by atoms with Crippen molar-refractivity contribution in [2.45, 2.75) is 27.7 Å². The fourth-order valence-corrected chi connectivity index (χ4v) is 2.76. The number of benzene rings is 2. The molecule has 1 heterocycles. The van der Waals surface area contributed by atoms with Crippen LogP contribution in [-0.2, 0) is 0 Å². The van der Waals surface area contributed by atoms with Gasteiger partial charge in [0.2, 0.25) is 5.95 Å². The van der Waals surface area contributed by atoms with Crippen molar-refractivity contribution in [3.8, 4) is 0 Å². The van der Waals surface area contributed by atoms with Gasteiger partial charge in [-0.15, -0.1) is 5.11 Å². The van der Waals surface area contributed by atoms with E-state index in [2.05, 4.69) is 35.8 Å². The second-order valence-electron chi connectivity index (χ2n) is 6.59. The summed E-state index contributed by atoms with van der Waals surface area (Å²) in [4.78, 5) is 24.1. The van der Waals surface area contributed by atoms with Crippen LogP contribution in [0.5, 0.6) is 0 Å². The summed E-state index contributed by atoms with van der Waals surface area (Å²) in [5.74, 6) is 1.62. The molecule has 2 aromatic carbocycles. The molecule has 0 unspecified atom stereocenters. The highest BCUT2D eigenvalue weighted by atomic mass is 16.2. The maximum Gasteiger partial charge on any atom is 0.316 e. The molecule has 1 aromatic heterocycles. The molecule has 9 nitrogen and oxygen atoms in total. The number of nitrogens with one attached hydrogen (secondary N) is 2. The van der Waals surface area contributed by atoms with Crippen LogP contribution < -0.4 is 16.4 Å². The summed E-state index contributed by atoms with van der Waals surface area (Å²) in [5.41, 5.74) is 9.76. The molecule has 2 amide bonds. The summed E-state index contributed by atoms with van der Waals surface area (Å²) in [6.45, 7) is 7.56. The van der Waals surface area contributed by atoms with Gasteiger partial charge in [0.15, 0.2) is 0 Å². The standard InChI is InChI=1S/C20H22N8O/c1-11-5-7-16(12(2)9-11)27-28-17-8-6-15(10-18(17)26-19(21)29)25-20-23-13(3)22-14(4)24-20/h5-10H,1-4H3,(H3,21,26,29)(H,22,23,24,25). The second-order valence-corrected chi connectivity index (χ2v) is 6.59. The number of urea groups is 1. The molecular weight excluding hydrogens is 368 g/mol. The normalized spacial score (nSPS) is 10.9. The average molecular weight is 390 g/mol. The Bertz CT molecular complexity index is 1070.